The summed E-state index contributed by atoms with van der Waals surface area (Å²) in [4.78, 5) is 24.7. The standard InChI is InChI=1S/C13H17NO4/c1-14(2)8-9-18-13(16)11-6-4-10(5-7-11)12(15)17-3/h4-7H,8-9H2,1-3H3. The van der Waals surface area contributed by atoms with Crippen molar-refractivity contribution < 1.29 is 19.1 Å². The van der Waals surface area contributed by atoms with Crippen LogP contribution < -0.4 is 0 Å². The van der Waals surface area contributed by atoms with Crippen molar-refractivity contribution in [3.05, 3.63) is 35.4 Å². The first kappa shape index (κ1) is 14.2. The molecule has 0 N–H and O–H groups in total. The maximum atomic E-state index is 11.6. The highest BCUT2D eigenvalue weighted by Gasteiger charge is 2.09. The maximum absolute atomic E-state index is 11.6. The van der Waals surface area contributed by atoms with Crippen LogP contribution in [0.4, 0.5) is 0 Å². The molecule has 0 bridgehead atoms. The van der Waals surface area contributed by atoms with Gasteiger partial charge in [-0.25, -0.2) is 9.59 Å². The molecular weight excluding hydrogens is 234 g/mol. The van der Waals surface area contributed by atoms with Crippen molar-refractivity contribution in [2.75, 3.05) is 34.4 Å². The average Bonchev–Trinajstić information content (AvgIpc) is 2.37. The molecule has 0 unspecified atom stereocenters. The normalized spacial score (nSPS) is 10.2. The van der Waals surface area contributed by atoms with E-state index in [9.17, 15) is 9.59 Å². The molecule has 0 spiro atoms. The molecule has 0 aliphatic heterocycles. The number of likely N-dealkylation sites (N-methyl/N-ethyl adjacent to an activating group) is 1. The monoisotopic (exact) mass is 251 g/mol. The molecule has 0 aliphatic carbocycles. The highest BCUT2D eigenvalue weighted by atomic mass is 16.5. The minimum absolute atomic E-state index is 0.338. The Bertz CT molecular complexity index is 412. The molecule has 1 aromatic rings. The van der Waals surface area contributed by atoms with Gasteiger partial charge in [-0.15, -0.1) is 0 Å². The van der Waals surface area contributed by atoms with Crippen molar-refractivity contribution >= 4 is 11.9 Å². The summed E-state index contributed by atoms with van der Waals surface area (Å²) in [7, 11) is 5.11. The lowest BCUT2D eigenvalue weighted by Gasteiger charge is -2.10. The van der Waals surface area contributed by atoms with E-state index in [1.54, 1.807) is 12.1 Å². The number of ether oxygens (including phenoxy) is 2. The van der Waals surface area contributed by atoms with Crippen LogP contribution in [-0.4, -0.2) is 51.2 Å². The Morgan fingerprint density at radius 3 is 2.00 bits per heavy atom. The third-order valence-corrected chi connectivity index (χ3v) is 2.31. The van der Waals surface area contributed by atoms with Gasteiger partial charge in [0.25, 0.3) is 0 Å². The fraction of sp³-hybridized carbons (Fsp3) is 0.385. The Labute approximate surface area is 106 Å². The molecule has 0 atom stereocenters. The Kier molecular flexibility index (Phi) is 5.32. The van der Waals surface area contributed by atoms with E-state index >= 15 is 0 Å². The number of rotatable bonds is 5. The average molecular weight is 251 g/mol. The van der Waals surface area contributed by atoms with E-state index in [1.165, 1.54) is 19.2 Å². The summed E-state index contributed by atoms with van der Waals surface area (Å²) in [6.07, 6.45) is 0. The van der Waals surface area contributed by atoms with Gasteiger partial charge >= 0.3 is 11.9 Å². The molecular formula is C13H17NO4. The van der Waals surface area contributed by atoms with E-state index in [1.807, 2.05) is 19.0 Å². The molecule has 0 aromatic heterocycles. The fourth-order valence-electron chi connectivity index (χ4n) is 1.26. The van der Waals surface area contributed by atoms with Gasteiger partial charge in [0, 0.05) is 6.54 Å². The highest BCUT2D eigenvalue weighted by Crippen LogP contribution is 2.07. The summed E-state index contributed by atoms with van der Waals surface area (Å²) in [5.74, 6) is -0.823. The van der Waals surface area contributed by atoms with Crippen LogP contribution in [0.3, 0.4) is 0 Å². The Morgan fingerprint density at radius 1 is 1.06 bits per heavy atom. The molecule has 18 heavy (non-hydrogen) atoms. The first-order valence-electron chi connectivity index (χ1n) is 5.55. The van der Waals surface area contributed by atoms with Gasteiger partial charge < -0.3 is 14.4 Å². The molecule has 0 heterocycles. The summed E-state index contributed by atoms with van der Waals surface area (Å²) in [6.45, 7) is 1.01. The van der Waals surface area contributed by atoms with Crippen LogP contribution >= 0.6 is 0 Å². The Balaban J connectivity index is 2.56. The largest absolute Gasteiger partial charge is 0.465 e. The maximum Gasteiger partial charge on any atom is 0.338 e. The number of hydrogen-bond donors (Lipinski definition) is 0. The predicted octanol–water partition coefficient (Wildman–Crippen LogP) is 1.19. The van der Waals surface area contributed by atoms with Gasteiger partial charge in [-0.3, -0.25) is 0 Å². The van der Waals surface area contributed by atoms with Crippen LogP contribution in [0.5, 0.6) is 0 Å². The summed E-state index contributed by atoms with van der Waals surface area (Å²) in [6, 6.07) is 6.16. The molecule has 5 heteroatoms. The zero-order valence-corrected chi connectivity index (χ0v) is 10.8. The minimum atomic E-state index is -0.428. The second-order valence-corrected chi connectivity index (χ2v) is 4.01. The Hall–Kier alpha value is -1.88. The van der Waals surface area contributed by atoms with Gasteiger partial charge in [-0.2, -0.15) is 0 Å². The zero-order valence-electron chi connectivity index (χ0n) is 10.8. The quantitative estimate of drug-likeness (QED) is 0.736. The van der Waals surface area contributed by atoms with E-state index in [4.69, 9.17) is 4.74 Å². The van der Waals surface area contributed by atoms with Crippen molar-refractivity contribution in [1.29, 1.82) is 0 Å². The van der Waals surface area contributed by atoms with Crippen molar-refractivity contribution in [3.8, 4) is 0 Å². The summed E-state index contributed by atoms with van der Waals surface area (Å²) in [5, 5.41) is 0. The molecule has 0 amide bonds. The molecule has 1 aromatic carbocycles. The van der Waals surface area contributed by atoms with Gasteiger partial charge in [0.1, 0.15) is 6.61 Å². The molecule has 0 fully saturated rings. The van der Waals surface area contributed by atoms with E-state index in [-0.39, 0.29) is 0 Å². The van der Waals surface area contributed by atoms with Gasteiger partial charge in [0.05, 0.1) is 18.2 Å². The SMILES string of the molecule is COC(=O)c1ccc(C(=O)OCCN(C)C)cc1. The van der Waals surface area contributed by atoms with Gasteiger partial charge in [0.2, 0.25) is 0 Å². The summed E-state index contributed by atoms with van der Waals surface area (Å²) < 4.78 is 9.64. The fourth-order valence-corrected chi connectivity index (χ4v) is 1.26. The van der Waals surface area contributed by atoms with Crippen LogP contribution in [0.15, 0.2) is 24.3 Å². The lowest BCUT2D eigenvalue weighted by Crippen LogP contribution is -2.20. The topological polar surface area (TPSA) is 55.8 Å². The minimum Gasteiger partial charge on any atom is -0.465 e. The second kappa shape index (κ2) is 6.76. The number of esters is 2. The van der Waals surface area contributed by atoms with Crippen molar-refractivity contribution in [2.24, 2.45) is 0 Å². The van der Waals surface area contributed by atoms with Crippen LogP contribution in [-0.2, 0) is 9.47 Å². The molecule has 0 saturated heterocycles. The third-order valence-electron chi connectivity index (χ3n) is 2.31. The smallest absolute Gasteiger partial charge is 0.338 e. The molecule has 5 nitrogen and oxygen atoms in total. The lowest BCUT2D eigenvalue weighted by molar-refractivity contribution is 0.0480. The Morgan fingerprint density at radius 2 is 1.56 bits per heavy atom. The van der Waals surface area contributed by atoms with Crippen molar-refractivity contribution in [3.63, 3.8) is 0 Å². The molecule has 0 aliphatic rings. The lowest BCUT2D eigenvalue weighted by atomic mass is 10.1. The van der Waals surface area contributed by atoms with E-state index < -0.39 is 11.9 Å². The van der Waals surface area contributed by atoms with Gasteiger partial charge in [-0.1, -0.05) is 0 Å². The molecule has 98 valence electrons. The first-order valence-corrected chi connectivity index (χ1v) is 5.55. The number of methoxy groups -OCH3 is 1. The summed E-state index contributed by atoms with van der Waals surface area (Å²) in [5.41, 5.74) is 0.823. The molecule has 0 radical (unpaired) electrons. The third kappa shape index (κ3) is 4.18. The van der Waals surface area contributed by atoms with Crippen molar-refractivity contribution in [2.45, 2.75) is 0 Å². The van der Waals surface area contributed by atoms with Crippen LogP contribution in [0.1, 0.15) is 20.7 Å². The number of carbonyl (C=O) groups excluding carboxylic acids is 2. The van der Waals surface area contributed by atoms with E-state index in [2.05, 4.69) is 4.74 Å². The molecule has 0 saturated carbocycles. The number of benzene rings is 1. The van der Waals surface area contributed by atoms with Crippen LogP contribution in [0, 0.1) is 0 Å². The van der Waals surface area contributed by atoms with E-state index in [0.29, 0.717) is 24.3 Å². The number of hydrogen-bond acceptors (Lipinski definition) is 5. The number of carbonyl (C=O) groups is 2. The van der Waals surface area contributed by atoms with Crippen molar-refractivity contribution in [1.82, 2.24) is 4.90 Å². The van der Waals surface area contributed by atoms with Crippen LogP contribution in [0.2, 0.25) is 0 Å². The summed E-state index contributed by atoms with van der Waals surface area (Å²) >= 11 is 0. The predicted molar refractivity (Wildman–Crippen MR) is 66.6 cm³/mol. The van der Waals surface area contributed by atoms with Gasteiger partial charge in [0.15, 0.2) is 0 Å². The zero-order chi connectivity index (χ0) is 13.5. The van der Waals surface area contributed by atoms with Gasteiger partial charge in [-0.05, 0) is 38.4 Å². The number of nitrogens with zero attached hydrogens (tertiary/aromatic N) is 1. The van der Waals surface area contributed by atoms with Crippen LogP contribution in [0.25, 0.3) is 0 Å². The highest BCUT2D eigenvalue weighted by molar-refractivity contribution is 5.93. The second-order valence-electron chi connectivity index (χ2n) is 4.01. The van der Waals surface area contributed by atoms with E-state index in [0.717, 1.165) is 0 Å². The molecule has 1 rings (SSSR count). The first-order chi connectivity index (χ1) is 8.54.